The van der Waals surface area contributed by atoms with Crippen molar-refractivity contribution < 1.29 is 18.7 Å². The van der Waals surface area contributed by atoms with Crippen LogP contribution in [0.2, 0.25) is 0 Å². The van der Waals surface area contributed by atoms with Gasteiger partial charge in [-0.2, -0.15) is 5.10 Å². The highest BCUT2D eigenvalue weighted by atomic mass is 32.1. The summed E-state index contributed by atoms with van der Waals surface area (Å²) >= 11 is 1.58. The van der Waals surface area contributed by atoms with Crippen molar-refractivity contribution in [2.24, 2.45) is 0 Å². The van der Waals surface area contributed by atoms with E-state index in [9.17, 15) is 9.18 Å². The van der Waals surface area contributed by atoms with E-state index < -0.39 is 5.82 Å². The predicted octanol–water partition coefficient (Wildman–Crippen LogP) is 4.88. The first kappa shape index (κ1) is 20.6. The van der Waals surface area contributed by atoms with E-state index in [1.165, 1.54) is 20.3 Å². The van der Waals surface area contributed by atoms with Crippen molar-refractivity contribution in [3.63, 3.8) is 0 Å². The molecule has 1 amide bonds. The molecule has 0 fully saturated rings. The van der Waals surface area contributed by atoms with Crippen molar-refractivity contribution in [2.75, 3.05) is 14.2 Å². The largest absolute Gasteiger partial charge is 0.495 e. The van der Waals surface area contributed by atoms with E-state index in [1.807, 2.05) is 17.5 Å². The van der Waals surface area contributed by atoms with E-state index in [4.69, 9.17) is 9.47 Å². The number of aromatic amines is 1. The minimum Gasteiger partial charge on any atom is -0.495 e. The number of methoxy groups -OCH3 is 2. The molecule has 158 valence electrons. The van der Waals surface area contributed by atoms with Crippen LogP contribution < -0.4 is 14.8 Å². The number of fused-ring (bicyclic) bond motifs is 1. The molecule has 6 nitrogen and oxygen atoms in total. The van der Waals surface area contributed by atoms with Crippen LogP contribution in [0.3, 0.4) is 0 Å². The lowest BCUT2D eigenvalue weighted by Crippen LogP contribution is -2.22. The Balaban J connectivity index is 1.66. The average molecular weight is 437 g/mol. The van der Waals surface area contributed by atoms with Crippen LogP contribution >= 0.6 is 11.3 Å². The summed E-state index contributed by atoms with van der Waals surface area (Å²) in [7, 11) is 2.94. The highest BCUT2D eigenvalue weighted by Gasteiger charge is 2.19. The molecule has 8 heteroatoms. The summed E-state index contributed by atoms with van der Waals surface area (Å²) in [6.07, 6.45) is 3.57. The fourth-order valence-corrected chi connectivity index (χ4v) is 3.89. The molecule has 31 heavy (non-hydrogen) atoms. The fourth-order valence-electron chi connectivity index (χ4n) is 3.25. The SMILES string of the molecule is COc1cc(C=Cc2n[nH]c3ccc(C(=O)NCc4cccs4)c(OC)c23)ccc1F. The van der Waals surface area contributed by atoms with Gasteiger partial charge in [0, 0.05) is 4.88 Å². The summed E-state index contributed by atoms with van der Waals surface area (Å²) in [6.45, 7) is 0.447. The summed E-state index contributed by atoms with van der Waals surface area (Å²) in [5.41, 5.74) is 2.51. The van der Waals surface area contributed by atoms with Crippen LogP contribution in [0.4, 0.5) is 4.39 Å². The Hall–Kier alpha value is -3.65. The van der Waals surface area contributed by atoms with Crippen LogP contribution in [-0.4, -0.2) is 30.3 Å². The Labute approximate surface area is 182 Å². The quantitative estimate of drug-likeness (QED) is 0.432. The van der Waals surface area contributed by atoms with Crippen LogP contribution in [0.5, 0.6) is 11.5 Å². The molecule has 0 radical (unpaired) electrons. The van der Waals surface area contributed by atoms with Crippen molar-refractivity contribution in [3.8, 4) is 11.5 Å². The van der Waals surface area contributed by atoms with Gasteiger partial charge in [-0.1, -0.05) is 18.2 Å². The van der Waals surface area contributed by atoms with Gasteiger partial charge in [-0.25, -0.2) is 4.39 Å². The molecule has 0 aliphatic heterocycles. The predicted molar refractivity (Wildman–Crippen MR) is 120 cm³/mol. The third kappa shape index (κ3) is 4.29. The summed E-state index contributed by atoms with van der Waals surface area (Å²) in [5, 5.41) is 12.9. The molecule has 4 aromatic rings. The maximum atomic E-state index is 13.6. The molecular formula is C23H20FN3O3S. The number of nitrogens with zero attached hydrogens (tertiary/aromatic N) is 1. The number of rotatable bonds is 7. The van der Waals surface area contributed by atoms with Crippen LogP contribution in [-0.2, 0) is 6.54 Å². The second kappa shape index (κ2) is 9.01. The Kier molecular flexibility index (Phi) is 5.99. The summed E-state index contributed by atoms with van der Waals surface area (Å²) in [5.74, 6) is -0.0566. The molecule has 2 aromatic heterocycles. The van der Waals surface area contributed by atoms with Gasteiger partial charge in [-0.15, -0.1) is 11.3 Å². The Morgan fingerprint density at radius 3 is 2.81 bits per heavy atom. The average Bonchev–Trinajstić information content (AvgIpc) is 3.46. The standard InChI is InChI=1S/C23H20FN3O3S/c1-29-20-12-14(5-8-17(20)24)6-9-18-21-19(27-26-18)10-7-16(22(21)30-2)23(28)25-13-15-4-3-11-31-15/h3-12H,13H2,1-2H3,(H,25,28)(H,26,27). The van der Waals surface area contributed by atoms with Gasteiger partial charge in [0.15, 0.2) is 11.6 Å². The number of hydrogen-bond donors (Lipinski definition) is 2. The molecule has 0 aliphatic carbocycles. The molecule has 0 saturated heterocycles. The van der Waals surface area contributed by atoms with Gasteiger partial charge in [0.1, 0.15) is 5.75 Å². The maximum Gasteiger partial charge on any atom is 0.255 e. The molecule has 0 atom stereocenters. The van der Waals surface area contributed by atoms with E-state index in [-0.39, 0.29) is 11.7 Å². The number of H-pyrrole nitrogens is 1. The first-order valence-electron chi connectivity index (χ1n) is 9.48. The number of benzene rings is 2. The second-order valence-corrected chi connectivity index (χ2v) is 7.70. The van der Waals surface area contributed by atoms with Crippen LogP contribution in [0, 0.1) is 5.82 Å². The lowest BCUT2D eigenvalue weighted by atomic mass is 10.1. The number of hydrogen-bond acceptors (Lipinski definition) is 5. The van der Waals surface area contributed by atoms with Gasteiger partial charge >= 0.3 is 0 Å². The van der Waals surface area contributed by atoms with Crippen molar-refractivity contribution in [2.45, 2.75) is 6.54 Å². The molecule has 0 bridgehead atoms. The first-order valence-corrected chi connectivity index (χ1v) is 10.4. The monoisotopic (exact) mass is 437 g/mol. The number of nitrogens with one attached hydrogen (secondary N) is 2. The molecule has 0 aliphatic rings. The highest BCUT2D eigenvalue weighted by molar-refractivity contribution is 7.09. The van der Waals surface area contributed by atoms with E-state index in [2.05, 4.69) is 15.5 Å². The summed E-state index contributed by atoms with van der Waals surface area (Å²) in [6, 6.07) is 12.0. The van der Waals surface area contributed by atoms with E-state index in [1.54, 1.807) is 47.8 Å². The molecule has 0 spiro atoms. The zero-order chi connectivity index (χ0) is 21.8. The summed E-state index contributed by atoms with van der Waals surface area (Å²) < 4.78 is 24.3. The molecule has 0 unspecified atom stereocenters. The lowest BCUT2D eigenvalue weighted by Gasteiger charge is -2.10. The van der Waals surface area contributed by atoms with Gasteiger partial charge < -0.3 is 14.8 Å². The number of halogens is 1. The van der Waals surface area contributed by atoms with Crippen LogP contribution in [0.1, 0.15) is 26.5 Å². The topological polar surface area (TPSA) is 76.2 Å². The normalized spacial score (nSPS) is 11.2. The van der Waals surface area contributed by atoms with Gasteiger partial charge in [-0.05, 0) is 47.4 Å². The summed E-state index contributed by atoms with van der Waals surface area (Å²) in [4.78, 5) is 13.9. The van der Waals surface area contributed by atoms with Gasteiger partial charge in [0.05, 0.1) is 42.9 Å². The molecule has 2 N–H and O–H groups in total. The molecule has 4 rings (SSSR count). The first-order chi connectivity index (χ1) is 15.1. The van der Waals surface area contributed by atoms with E-state index >= 15 is 0 Å². The Bertz CT molecular complexity index is 1250. The van der Waals surface area contributed by atoms with E-state index in [0.717, 1.165) is 16.0 Å². The Morgan fingerprint density at radius 2 is 2.06 bits per heavy atom. The third-order valence-corrected chi connectivity index (χ3v) is 5.65. The second-order valence-electron chi connectivity index (χ2n) is 6.67. The molecule has 2 heterocycles. The Morgan fingerprint density at radius 1 is 1.19 bits per heavy atom. The number of aromatic nitrogens is 2. The number of carbonyl (C=O) groups is 1. The van der Waals surface area contributed by atoms with Crippen molar-refractivity contribution in [1.82, 2.24) is 15.5 Å². The lowest BCUT2D eigenvalue weighted by molar-refractivity contribution is 0.0948. The van der Waals surface area contributed by atoms with Gasteiger partial charge in [-0.3, -0.25) is 9.89 Å². The van der Waals surface area contributed by atoms with Crippen LogP contribution in [0.25, 0.3) is 23.1 Å². The van der Waals surface area contributed by atoms with Gasteiger partial charge in [0.25, 0.3) is 5.91 Å². The van der Waals surface area contributed by atoms with Crippen molar-refractivity contribution in [1.29, 1.82) is 0 Å². The number of ether oxygens (including phenoxy) is 2. The zero-order valence-corrected chi connectivity index (χ0v) is 17.8. The van der Waals surface area contributed by atoms with Gasteiger partial charge in [0.2, 0.25) is 0 Å². The minimum absolute atomic E-state index is 0.163. The highest BCUT2D eigenvalue weighted by Crippen LogP contribution is 2.32. The smallest absolute Gasteiger partial charge is 0.255 e. The van der Waals surface area contributed by atoms with Crippen molar-refractivity contribution >= 4 is 40.3 Å². The maximum absolute atomic E-state index is 13.6. The van der Waals surface area contributed by atoms with E-state index in [0.29, 0.717) is 28.9 Å². The number of amides is 1. The van der Waals surface area contributed by atoms with Crippen molar-refractivity contribution in [3.05, 3.63) is 75.4 Å². The third-order valence-electron chi connectivity index (χ3n) is 4.77. The van der Waals surface area contributed by atoms with Crippen LogP contribution in [0.15, 0.2) is 47.8 Å². The number of thiophene rings is 1. The molecular weight excluding hydrogens is 417 g/mol. The minimum atomic E-state index is -0.426. The molecule has 0 saturated carbocycles. The molecule has 2 aromatic carbocycles. The zero-order valence-electron chi connectivity index (χ0n) is 16.9. The fraction of sp³-hybridized carbons (Fsp3) is 0.130. The number of carbonyl (C=O) groups excluding carboxylic acids is 1.